The van der Waals surface area contributed by atoms with Crippen LogP contribution in [0.15, 0.2) is 48.5 Å². The average molecular weight is 367 g/mol. The fraction of sp³-hybridized carbons (Fsp3) is 0.318. The first-order valence-corrected chi connectivity index (χ1v) is 9.19. The molecule has 0 aromatic heterocycles. The lowest BCUT2D eigenvalue weighted by atomic mass is 9.93. The van der Waals surface area contributed by atoms with Gasteiger partial charge in [-0.25, -0.2) is 0 Å². The minimum atomic E-state index is -0.389. The van der Waals surface area contributed by atoms with Gasteiger partial charge in [-0.05, 0) is 36.6 Å². The standard InChI is InChI=1S/C22H25NO4/c1-3-5-19(22(26)27-4-2)14-21(25)18-8-6-16(7-9-18)17-10-12-20(13-11-17)23-15-24/h6-13,15,19H,3-5,14H2,1-2H3,(H,23,24). The second-order valence-corrected chi connectivity index (χ2v) is 6.28. The van der Waals surface area contributed by atoms with Gasteiger partial charge < -0.3 is 10.1 Å². The summed E-state index contributed by atoms with van der Waals surface area (Å²) in [5.74, 6) is -0.744. The molecule has 0 aliphatic rings. The molecule has 1 amide bonds. The largest absolute Gasteiger partial charge is 0.466 e. The number of ketones is 1. The van der Waals surface area contributed by atoms with E-state index in [4.69, 9.17) is 4.74 Å². The van der Waals surface area contributed by atoms with Gasteiger partial charge in [0, 0.05) is 17.7 Å². The van der Waals surface area contributed by atoms with E-state index >= 15 is 0 Å². The van der Waals surface area contributed by atoms with E-state index < -0.39 is 0 Å². The maximum atomic E-state index is 12.6. The van der Waals surface area contributed by atoms with Crippen molar-refractivity contribution >= 4 is 23.9 Å². The van der Waals surface area contributed by atoms with Crippen LogP contribution >= 0.6 is 0 Å². The average Bonchev–Trinajstić information content (AvgIpc) is 2.69. The van der Waals surface area contributed by atoms with Gasteiger partial charge in [0.05, 0.1) is 12.5 Å². The van der Waals surface area contributed by atoms with Crippen LogP contribution in [0, 0.1) is 5.92 Å². The van der Waals surface area contributed by atoms with Crippen LogP contribution < -0.4 is 5.32 Å². The Morgan fingerprint density at radius 2 is 1.59 bits per heavy atom. The predicted molar refractivity (Wildman–Crippen MR) is 106 cm³/mol. The summed E-state index contributed by atoms with van der Waals surface area (Å²) in [6.07, 6.45) is 2.27. The SMILES string of the molecule is CCCC(CC(=O)c1ccc(-c2ccc(NC=O)cc2)cc1)C(=O)OCC. The third-order valence-corrected chi connectivity index (χ3v) is 4.34. The molecule has 27 heavy (non-hydrogen) atoms. The molecule has 5 heteroatoms. The van der Waals surface area contributed by atoms with Gasteiger partial charge in [0.1, 0.15) is 0 Å². The molecule has 1 N–H and O–H groups in total. The third kappa shape index (κ3) is 5.78. The summed E-state index contributed by atoms with van der Waals surface area (Å²) in [4.78, 5) is 35.0. The molecule has 2 aromatic carbocycles. The number of anilines is 1. The first-order valence-electron chi connectivity index (χ1n) is 9.19. The topological polar surface area (TPSA) is 72.5 Å². The maximum absolute atomic E-state index is 12.6. The van der Waals surface area contributed by atoms with Crippen molar-refractivity contribution in [1.82, 2.24) is 0 Å². The third-order valence-electron chi connectivity index (χ3n) is 4.34. The molecule has 2 aromatic rings. The normalized spacial score (nSPS) is 11.5. The second kappa shape index (κ2) is 10.3. The first-order chi connectivity index (χ1) is 13.1. The van der Waals surface area contributed by atoms with Crippen molar-refractivity contribution in [2.24, 2.45) is 5.92 Å². The van der Waals surface area contributed by atoms with Crippen molar-refractivity contribution < 1.29 is 19.1 Å². The smallest absolute Gasteiger partial charge is 0.309 e. The van der Waals surface area contributed by atoms with E-state index in [2.05, 4.69) is 5.32 Å². The number of amides is 1. The van der Waals surface area contributed by atoms with E-state index in [9.17, 15) is 14.4 Å². The zero-order chi connectivity index (χ0) is 19.6. The highest BCUT2D eigenvalue weighted by molar-refractivity contribution is 5.98. The van der Waals surface area contributed by atoms with E-state index in [0.717, 1.165) is 23.2 Å². The molecule has 0 aliphatic heterocycles. The molecule has 1 unspecified atom stereocenters. The number of esters is 1. The number of hydrogen-bond donors (Lipinski definition) is 1. The van der Waals surface area contributed by atoms with E-state index in [0.29, 0.717) is 25.0 Å². The number of ether oxygens (including phenoxy) is 1. The molecule has 0 spiro atoms. The molecule has 0 fully saturated rings. The highest BCUT2D eigenvalue weighted by Crippen LogP contribution is 2.23. The second-order valence-electron chi connectivity index (χ2n) is 6.28. The number of carbonyl (C=O) groups excluding carboxylic acids is 3. The number of carbonyl (C=O) groups is 3. The number of Topliss-reactive ketones (excluding diaryl/α,β-unsaturated/α-hetero) is 1. The Hall–Kier alpha value is -2.95. The molecule has 0 aliphatic carbocycles. The highest BCUT2D eigenvalue weighted by atomic mass is 16.5. The summed E-state index contributed by atoms with van der Waals surface area (Å²) in [6, 6.07) is 14.8. The first kappa shape index (κ1) is 20.4. The van der Waals surface area contributed by atoms with Crippen molar-refractivity contribution in [2.45, 2.75) is 33.1 Å². The summed E-state index contributed by atoms with van der Waals surface area (Å²) < 4.78 is 5.08. The fourth-order valence-corrected chi connectivity index (χ4v) is 2.93. The Morgan fingerprint density at radius 1 is 1.00 bits per heavy atom. The van der Waals surface area contributed by atoms with Crippen LogP contribution in [0.2, 0.25) is 0 Å². The summed E-state index contributed by atoms with van der Waals surface area (Å²) in [5, 5.41) is 2.59. The van der Waals surface area contributed by atoms with Gasteiger partial charge in [-0.2, -0.15) is 0 Å². The van der Waals surface area contributed by atoms with Gasteiger partial charge in [-0.3, -0.25) is 14.4 Å². The van der Waals surface area contributed by atoms with E-state index in [1.54, 1.807) is 19.1 Å². The van der Waals surface area contributed by atoms with Crippen molar-refractivity contribution in [3.8, 4) is 11.1 Å². The Labute approximate surface area is 159 Å². The van der Waals surface area contributed by atoms with Gasteiger partial charge in [0.2, 0.25) is 6.41 Å². The fourth-order valence-electron chi connectivity index (χ4n) is 2.93. The summed E-state index contributed by atoms with van der Waals surface area (Å²) in [6.45, 7) is 4.08. The molecule has 1 atom stereocenters. The number of rotatable bonds is 10. The lowest BCUT2D eigenvalue weighted by molar-refractivity contribution is -0.148. The Bertz CT molecular complexity index is 766. The summed E-state index contributed by atoms with van der Waals surface area (Å²) in [5.41, 5.74) is 3.27. The monoisotopic (exact) mass is 367 g/mol. The van der Waals surface area contributed by atoms with Crippen molar-refractivity contribution in [2.75, 3.05) is 11.9 Å². The van der Waals surface area contributed by atoms with Crippen LogP contribution in [-0.2, 0) is 14.3 Å². The van der Waals surface area contributed by atoms with Gasteiger partial charge >= 0.3 is 5.97 Å². The molecule has 0 saturated carbocycles. The van der Waals surface area contributed by atoms with Gasteiger partial charge in [0.15, 0.2) is 5.78 Å². The zero-order valence-corrected chi connectivity index (χ0v) is 15.7. The quantitative estimate of drug-likeness (QED) is 0.382. The molecular weight excluding hydrogens is 342 g/mol. The Morgan fingerprint density at radius 3 is 2.11 bits per heavy atom. The van der Waals surface area contributed by atoms with E-state index in [1.165, 1.54) is 0 Å². The van der Waals surface area contributed by atoms with Crippen molar-refractivity contribution in [3.05, 3.63) is 54.1 Å². The van der Waals surface area contributed by atoms with Crippen LogP contribution in [-0.4, -0.2) is 24.8 Å². The van der Waals surface area contributed by atoms with E-state index in [-0.39, 0.29) is 24.1 Å². The molecular formula is C22H25NO4. The van der Waals surface area contributed by atoms with E-state index in [1.807, 2.05) is 43.3 Å². The summed E-state index contributed by atoms with van der Waals surface area (Å²) >= 11 is 0. The highest BCUT2D eigenvalue weighted by Gasteiger charge is 2.23. The summed E-state index contributed by atoms with van der Waals surface area (Å²) in [7, 11) is 0. The minimum absolute atomic E-state index is 0.0569. The van der Waals surface area contributed by atoms with Gasteiger partial charge in [-0.1, -0.05) is 49.7 Å². The van der Waals surface area contributed by atoms with Gasteiger partial charge in [-0.15, -0.1) is 0 Å². The maximum Gasteiger partial charge on any atom is 0.309 e. The number of benzene rings is 2. The minimum Gasteiger partial charge on any atom is -0.466 e. The molecule has 5 nitrogen and oxygen atoms in total. The lowest BCUT2D eigenvalue weighted by Gasteiger charge is -2.14. The molecule has 0 bridgehead atoms. The molecule has 0 heterocycles. The molecule has 0 radical (unpaired) electrons. The van der Waals surface area contributed by atoms with Crippen LogP contribution in [0.3, 0.4) is 0 Å². The van der Waals surface area contributed by atoms with Crippen LogP contribution in [0.1, 0.15) is 43.5 Å². The zero-order valence-electron chi connectivity index (χ0n) is 15.7. The molecule has 0 saturated heterocycles. The molecule has 2 rings (SSSR count). The van der Waals surface area contributed by atoms with Crippen LogP contribution in [0.4, 0.5) is 5.69 Å². The van der Waals surface area contributed by atoms with Crippen LogP contribution in [0.25, 0.3) is 11.1 Å². The van der Waals surface area contributed by atoms with Crippen LogP contribution in [0.5, 0.6) is 0 Å². The number of nitrogens with one attached hydrogen (secondary N) is 1. The lowest BCUT2D eigenvalue weighted by Crippen LogP contribution is -2.21. The number of hydrogen-bond acceptors (Lipinski definition) is 4. The Balaban J connectivity index is 2.07. The van der Waals surface area contributed by atoms with Crippen molar-refractivity contribution in [3.63, 3.8) is 0 Å². The molecule has 142 valence electrons. The Kier molecular flexibility index (Phi) is 7.74. The van der Waals surface area contributed by atoms with Gasteiger partial charge in [0.25, 0.3) is 0 Å². The predicted octanol–water partition coefficient (Wildman–Crippen LogP) is 4.47. The van der Waals surface area contributed by atoms with Crippen molar-refractivity contribution in [1.29, 1.82) is 0 Å².